The molecule has 0 aliphatic heterocycles. The maximum absolute atomic E-state index is 12.5. The Bertz CT molecular complexity index is 641. The molecule has 2 heteroatoms. The highest BCUT2D eigenvalue weighted by Crippen LogP contribution is 2.56. The second-order valence-electron chi connectivity index (χ2n) is 6.46. The first-order valence-electron chi connectivity index (χ1n) is 7.28. The minimum Gasteiger partial charge on any atom is -0.290 e. The molecular formula is C18H20O2. The van der Waals surface area contributed by atoms with Gasteiger partial charge >= 0.3 is 0 Å². The Balaban J connectivity index is 2.27. The monoisotopic (exact) mass is 268 g/mol. The van der Waals surface area contributed by atoms with Crippen LogP contribution in [0.5, 0.6) is 0 Å². The second-order valence-corrected chi connectivity index (χ2v) is 6.46. The van der Waals surface area contributed by atoms with E-state index in [1.54, 1.807) is 0 Å². The van der Waals surface area contributed by atoms with Gasteiger partial charge < -0.3 is 0 Å². The summed E-state index contributed by atoms with van der Waals surface area (Å²) in [6, 6.07) is 8.18. The van der Waals surface area contributed by atoms with Gasteiger partial charge in [-0.2, -0.15) is 0 Å². The highest BCUT2D eigenvalue weighted by molar-refractivity contribution is 6.46. The summed E-state index contributed by atoms with van der Waals surface area (Å²) in [7, 11) is 0. The molecule has 104 valence electrons. The molecule has 1 aromatic rings. The molecule has 1 fully saturated rings. The highest BCUT2D eigenvalue weighted by atomic mass is 16.2. The second kappa shape index (κ2) is 4.15. The normalized spacial score (nSPS) is 36.2. The molecule has 0 spiro atoms. The van der Waals surface area contributed by atoms with Crippen LogP contribution in [0.1, 0.15) is 44.7 Å². The summed E-state index contributed by atoms with van der Waals surface area (Å²) in [5, 5.41) is 0. The summed E-state index contributed by atoms with van der Waals surface area (Å²) in [6.07, 6.45) is 1.94. The number of rotatable bonds is 0. The van der Waals surface area contributed by atoms with Crippen LogP contribution in [0.3, 0.4) is 0 Å². The molecule has 2 aliphatic rings. The first-order valence-corrected chi connectivity index (χ1v) is 7.28. The summed E-state index contributed by atoms with van der Waals surface area (Å²) in [5.74, 6) is -0.292. The van der Waals surface area contributed by atoms with Crippen LogP contribution < -0.4 is 0 Å². The minimum atomic E-state index is -0.278. The average molecular weight is 268 g/mol. The van der Waals surface area contributed by atoms with Crippen molar-refractivity contribution in [3.05, 3.63) is 41.0 Å². The van der Waals surface area contributed by atoms with Gasteiger partial charge in [-0.05, 0) is 29.0 Å². The quantitative estimate of drug-likeness (QED) is 0.673. The van der Waals surface area contributed by atoms with Crippen molar-refractivity contribution in [3.8, 4) is 0 Å². The van der Waals surface area contributed by atoms with Gasteiger partial charge in [0.15, 0.2) is 0 Å². The summed E-state index contributed by atoms with van der Waals surface area (Å²) >= 11 is 0. The van der Waals surface area contributed by atoms with Crippen molar-refractivity contribution in [1.29, 1.82) is 0 Å². The van der Waals surface area contributed by atoms with Gasteiger partial charge in [-0.3, -0.25) is 9.59 Å². The van der Waals surface area contributed by atoms with E-state index in [-0.39, 0.29) is 34.7 Å². The van der Waals surface area contributed by atoms with Crippen LogP contribution >= 0.6 is 0 Å². The fraction of sp³-hybridized carbons (Fsp3) is 0.444. The number of carbonyl (C=O) groups excluding carboxylic acids is 2. The van der Waals surface area contributed by atoms with E-state index in [0.717, 1.165) is 5.56 Å². The lowest BCUT2D eigenvalue weighted by Gasteiger charge is -2.50. The largest absolute Gasteiger partial charge is 0.290 e. The number of Topliss-reactive ketones (excluding diaryl/α,β-unsaturated/α-hetero) is 2. The fourth-order valence-electron chi connectivity index (χ4n) is 3.94. The Kier molecular flexibility index (Phi) is 2.75. The third-order valence-corrected chi connectivity index (χ3v) is 5.82. The molecule has 2 nitrogen and oxygen atoms in total. The van der Waals surface area contributed by atoms with E-state index in [0.29, 0.717) is 5.57 Å². The van der Waals surface area contributed by atoms with Gasteiger partial charge in [0.2, 0.25) is 11.6 Å². The molecule has 4 unspecified atom stereocenters. The number of hydrogen-bond donors (Lipinski definition) is 0. The van der Waals surface area contributed by atoms with E-state index in [1.165, 1.54) is 5.56 Å². The Morgan fingerprint density at radius 2 is 1.70 bits per heavy atom. The molecule has 0 saturated heterocycles. The van der Waals surface area contributed by atoms with Crippen molar-refractivity contribution in [3.63, 3.8) is 0 Å². The van der Waals surface area contributed by atoms with Crippen molar-refractivity contribution < 1.29 is 9.59 Å². The van der Waals surface area contributed by atoms with Gasteiger partial charge in [0, 0.05) is 16.9 Å². The molecule has 4 atom stereocenters. The van der Waals surface area contributed by atoms with Crippen molar-refractivity contribution >= 4 is 17.6 Å². The number of carbonyl (C=O) groups is 2. The standard InChI is InChI=1S/C18H20O2/c1-10-11(2)18(4)12(3)14-8-6-5-7-13(14)9-15(18)17(20)16(10)19/h5-12H,1-4H3. The van der Waals surface area contributed by atoms with E-state index in [2.05, 4.69) is 26.8 Å². The zero-order valence-electron chi connectivity index (χ0n) is 12.4. The summed E-state index contributed by atoms with van der Waals surface area (Å²) in [4.78, 5) is 24.6. The lowest BCUT2D eigenvalue weighted by molar-refractivity contribution is -0.142. The molecule has 0 aromatic heterocycles. The smallest absolute Gasteiger partial charge is 0.225 e. The molecule has 20 heavy (non-hydrogen) atoms. The SMILES string of the molecule is CC1C(=O)C(=O)C2=Cc3ccccc3C(C)C2(C)C1C. The van der Waals surface area contributed by atoms with Crippen molar-refractivity contribution in [2.75, 3.05) is 0 Å². The Morgan fingerprint density at radius 3 is 2.40 bits per heavy atom. The van der Waals surface area contributed by atoms with Gasteiger partial charge in [0.1, 0.15) is 0 Å². The molecule has 0 heterocycles. The van der Waals surface area contributed by atoms with E-state index in [4.69, 9.17) is 0 Å². The van der Waals surface area contributed by atoms with Crippen molar-refractivity contribution in [1.82, 2.24) is 0 Å². The van der Waals surface area contributed by atoms with Crippen LogP contribution in [-0.2, 0) is 9.59 Å². The zero-order valence-corrected chi connectivity index (χ0v) is 12.4. The van der Waals surface area contributed by atoms with E-state index >= 15 is 0 Å². The molecular weight excluding hydrogens is 248 g/mol. The average Bonchev–Trinajstić information content (AvgIpc) is 2.46. The predicted octanol–water partition coefficient (Wildman–Crippen LogP) is 3.62. The fourth-order valence-corrected chi connectivity index (χ4v) is 3.94. The van der Waals surface area contributed by atoms with Crippen LogP contribution in [0.25, 0.3) is 6.08 Å². The highest BCUT2D eigenvalue weighted by Gasteiger charge is 2.54. The lowest BCUT2D eigenvalue weighted by atomic mass is 9.52. The van der Waals surface area contributed by atoms with E-state index in [9.17, 15) is 9.59 Å². The van der Waals surface area contributed by atoms with Crippen LogP contribution in [0, 0.1) is 17.3 Å². The molecule has 1 aromatic carbocycles. The first kappa shape index (κ1) is 13.3. The summed E-state index contributed by atoms with van der Waals surface area (Å²) < 4.78 is 0. The summed E-state index contributed by atoms with van der Waals surface area (Å²) in [5.41, 5.74) is 2.81. The van der Waals surface area contributed by atoms with Gasteiger partial charge in [-0.25, -0.2) is 0 Å². The van der Waals surface area contributed by atoms with Crippen molar-refractivity contribution in [2.45, 2.75) is 33.6 Å². The van der Waals surface area contributed by atoms with Gasteiger partial charge in [-0.15, -0.1) is 0 Å². The van der Waals surface area contributed by atoms with Crippen LogP contribution in [0.4, 0.5) is 0 Å². The third kappa shape index (κ3) is 1.45. The maximum atomic E-state index is 12.5. The number of allylic oxidation sites excluding steroid dienone is 1. The lowest BCUT2D eigenvalue weighted by Crippen LogP contribution is -2.50. The Hall–Kier alpha value is -1.70. The molecule has 0 N–H and O–H groups in total. The number of fused-ring (bicyclic) bond motifs is 2. The van der Waals surface area contributed by atoms with Crippen LogP contribution in [0.15, 0.2) is 29.8 Å². The molecule has 3 rings (SSSR count). The van der Waals surface area contributed by atoms with Gasteiger partial charge in [0.05, 0.1) is 0 Å². The molecule has 2 aliphatic carbocycles. The van der Waals surface area contributed by atoms with Crippen molar-refractivity contribution in [2.24, 2.45) is 17.3 Å². The van der Waals surface area contributed by atoms with Crippen LogP contribution in [0.2, 0.25) is 0 Å². The van der Waals surface area contributed by atoms with Gasteiger partial charge in [0.25, 0.3) is 0 Å². The summed E-state index contributed by atoms with van der Waals surface area (Å²) in [6.45, 7) is 8.32. The predicted molar refractivity (Wildman–Crippen MR) is 79.3 cm³/mol. The topological polar surface area (TPSA) is 34.1 Å². The molecule has 0 amide bonds. The van der Waals surface area contributed by atoms with Crippen LogP contribution in [-0.4, -0.2) is 11.6 Å². The Morgan fingerprint density at radius 1 is 1.05 bits per heavy atom. The maximum Gasteiger partial charge on any atom is 0.225 e. The first-order chi connectivity index (χ1) is 9.39. The number of benzene rings is 1. The molecule has 0 bridgehead atoms. The van der Waals surface area contributed by atoms with Gasteiger partial charge in [-0.1, -0.05) is 52.0 Å². The minimum absolute atomic E-state index is 0.169. The third-order valence-electron chi connectivity index (χ3n) is 5.82. The molecule has 0 radical (unpaired) electrons. The van der Waals surface area contributed by atoms with E-state index in [1.807, 2.05) is 31.2 Å². The zero-order chi connectivity index (χ0) is 14.7. The number of ketones is 2. The van der Waals surface area contributed by atoms with E-state index < -0.39 is 0 Å². The Labute approximate surface area is 119 Å². The number of hydrogen-bond acceptors (Lipinski definition) is 2. The molecule has 1 saturated carbocycles.